The summed E-state index contributed by atoms with van der Waals surface area (Å²) >= 11 is 0. The maximum absolute atomic E-state index is 8.08. The molecule has 18 rings (SSSR count). The second kappa shape index (κ2) is 17.1. The minimum atomic E-state index is -0.621. The number of rotatable bonds is 4. The fourth-order valence-electron chi connectivity index (χ4n) is 15.9. The molecular weight excluding hydrogens is 1030 g/mol. The van der Waals surface area contributed by atoms with Gasteiger partial charge in [0, 0.05) is 43.9 Å². The number of hydrogen-bond acceptors (Lipinski definition) is 1. The van der Waals surface area contributed by atoms with Crippen LogP contribution in [0.15, 0.2) is 249 Å². The van der Waals surface area contributed by atoms with Crippen molar-refractivity contribution in [2.45, 2.75) is 57.8 Å². The number of para-hydroxylation sites is 3. The maximum Gasteiger partial charge on any atom is 0.256 e. The van der Waals surface area contributed by atoms with E-state index in [1.54, 1.807) is 0 Å². The molecule has 12 aromatic carbocycles. The Bertz CT molecular complexity index is 5080. The Morgan fingerprint density at radius 1 is 0.376 bits per heavy atom. The van der Waals surface area contributed by atoms with E-state index in [1.807, 2.05) is 0 Å². The molecule has 1 spiro atoms. The van der Waals surface area contributed by atoms with Gasteiger partial charge in [-0.1, -0.05) is 266 Å². The first-order chi connectivity index (χ1) is 41.5. The van der Waals surface area contributed by atoms with Crippen molar-refractivity contribution in [2.24, 2.45) is 0 Å². The Labute approximate surface area is 496 Å². The van der Waals surface area contributed by atoms with Crippen molar-refractivity contribution in [3.8, 4) is 78.5 Å². The van der Waals surface area contributed by atoms with Crippen LogP contribution in [0.1, 0.15) is 74.9 Å². The summed E-state index contributed by atoms with van der Waals surface area (Å²) in [4.78, 5) is 0. The lowest BCUT2D eigenvalue weighted by Gasteiger charge is -2.38. The molecule has 0 amide bonds. The SMILES string of the molecule is CC(C)(C)c1cc(-c2cc3c4c(c2)-n2c5ccccc5c5c2c(cc2c6ccccc6n(-c6c(-c7ccccc7)cccc6-c6ccccc6)c25)B4c2ccc4c(c2O3)C2(c3ccccc3-c3ccccc32)c2ccccc2-4)cc(C(C)(C)C)c1. The molecule has 402 valence electrons. The van der Waals surface area contributed by atoms with Gasteiger partial charge in [-0.05, 0) is 124 Å². The second-order valence-corrected chi connectivity index (χ2v) is 26.3. The van der Waals surface area contributed by atoms with Crippen molar-refractivity contribution >= 4 is 66.7 Å². The Morgan fingerprint density at radius 3 is 1.48 bits per heavy atom. The van der Waals surface area contributed by atoms with Crippen LogP contribution < -0.4 is 21.1 Å². The molecule has 4 heteroatoms. The summed E-state index contributed by atoms with van der Waals surface area (Å²) in [7, 11) is 0. The Kier molecular flexibility index (Phi) is 9.79. The zero-order valence-electron chi connectivity index (χ0n) is 48.6. The molecule has 2 aliphatic heterocycles. The highest BCUT2D eigenvalue weighted by Crippen LogP contribution is 2.65. The van der Waals surface area contributed by atoms with Gasteiger partial charge in [0.15, 0.2) is 0 Å². The standard InChI is InChI=1S/C81H59BN2O/c1-79(2,3)52-42-50(43-53(46-52)80(4,5)6)51-44-70-74-71(45-51)85-78-66(41-40-60-58-30-15-20-37-65(58)81(73(60)78)63-35-18-13-28-56(63)57-29-14-19-36-64(57)81)82(74)67-47-62-59-31-16-21-38-68(59)84(76(62)72-61-32-17-22-39-69(61)83(70)77(67)72)75-54(48-24-9-7-10-25-48)33-23-34-55(75)49-26-11-8-12-27-49/h7-47H,1-6H3. The van der Waals surface area contributed by atoms with Gasteiger partial charge >= 0.3 is 0 Å². The smallest absolute Gasteiger partial charge is 0.256 e. The highest BCUT2D eigenvalue weighted by Gasteiger charge is 2.55. The number of aromatic nitrogens is 2. The first kappa shape index (κ1) is 48.6. The molecule has 0 unspecified atom stereocenters. The summed E-state index contributed by atoms with van der Waals surface area (Å²) in [5.41, 5.74) is 29.9. The molecule has 0 atom stereocenters. The van der Waals surface area contributed by atoms with E-state index in [0.717, 1.165) is 22.7 Å². The number of ether oxygens (including phenoxy) is 1. The van der Waals surface area contributed by atoms with E-state index in [9.17, 15) is 0 Å². The molecule has 0 fully saturated rings. The predicted molar refractivity (Wildman–Crippen MR) is 356 cm³/mol. The predicted octanol–water partition coefficient (Wildman–Crippen LogP) is 18.8. The average Bonchev–Trinajstić information content (AvgIpc) is 1.55. The molecule has 85 heavy (non-hydrogen) atoms. The van der Waals surface area contributed by atoms with Crippen molar-refractivity contribution in [1.82, 2.24) is 9.13 Å². The summed E-state index contributed by atoms with van der Waals surface area (Å²) in [6.45, 7) is 13.9. The highest BCUT2D eigenvalue weighted by molar-refractivity contribution is 6.99. The Hall–Kier alpha value is -9.90. The minimum absolute atomic E-state index is 0.0815. The third-order valence-corrected chi connectivity index (χ3v) is 19.6. The molecule has 2 aromatic heterocycles. The summed E-state index contributed by atoms with van der Waals surface area (Å²) < 4.78 is 13.3. The van der Waals surface area contributed by atoms with Gasteiger partial charge in [0.1, 0.15) is 11.5 Å². The monoisotopic (exact) mass is 1090 g/mol. The zero-order chi connectivity index (χ0) is 56.8. The van der Waals surface area contributed by atoms with Crippen LogP contribution in [-0.4, -0.2) is 15.8 Å². The van der Waals surface area contributed by atoms with Gasteiger partial charge in [-0.3, -0.25) is 0 Å². The average molecular weight is 1090 g/mol. The molecule has 3 nitrogen and oxygen atoms in total. The lowest BCUT2D eigenvalue weighted by atomic mass is 9.34. The largest absolute Gasteiger partial charge is 0.458 e. The van der Waals surface area contributed by atoms with Crippen molar-refractivity contribution in [3.05, 3.63) is 282 Å². The quantitative estimate of drug-likeness (QED) is 0.161. The molecular formula is C81H59BN2O. The van der Waals surface area contributed by atoms with Crippen LogP contribution in [0, 0.1) is 0 Å². The summed E-state index contributed by atoms with van der Waals surface area (Å²) in [5, 5.41) is 4.92. The second-order valence-electron chi connectivity index (χ2n) is 26.3. The third-order valence-electron chi connectivity index (χ3n) is 19.6. The summed E-state index contributed by atoms with van der Waals surface area (Å²) in [6, 6.07) is 94.3. The highest BCUT2D eigenvalue weighted by atomic mass is 16.5. The zero-order valence-corrected chi connectivity index (χ0v) is 48.6. The topological polar surface area (TPSA) is 19.1 Å². The van der Waals surface area contributed by atoms with Gasteiger partial charge in [-0.2, -0.15) is 0 Å². The van der Waals surface area contributed by atoms with E-state index in [2.05, 4.69) is 299 Å². The van der Waals surface area contributed by atoms with E-state index >= 15 is 0 Å². The molecule has 0 saturated heterocycles. The maximum atomic E-state index is 8.08. The van der Waals surface area contributed by atoms with Crippen LogP contribution in [0.4, 0.5) is 0 Å². The molecule has 2 aliphatic carbocycles. The van der Waals surface area contributed by atoms with Gasteiger partial charge in [0.25, 0.3) is 6.71 Å². The fraction of sp³-hybridized carbons (Fsp3) is 0.111. The molecule has 4 aliphatic rings. The van der Waals surface area contributed by atoms with Crippen LogP contribution in [0.3, 0.4) is 0 Å². The van der Waals surface area contributed by atoms with E-state index in [0.29, 0.717) is 0 Å². The lowest BCUT2D eigenvalue weighted by molar-refractivity contribution is 0.476. The number of fused-ring (bicyclic) bond motifs is 22. The van der Waals surface area contributed by atoms with Gasteiger partial charge < -0.3 is 13.9 Å². The molecule has 0 saturated carbocycles. The normalized spacial score (nSPS) is 13.9. The lowest BCUT2D eigenvalue weighted by Crippen LogP contribution is -2.58. The van der Waals surface area contributed by atoms with Crippen LogP contribution in [0.2, 0.25) is 0 Å². The third kappa shape index (κ3) is 6.47. The minimum Gasteiger partial charge on any atom is -0.458 e. The van der Waals surface area contributed by atoms with Crippen molar-refractivity contribution in [3.63, 3.8) is 0 Å². The van der Waals surface area contributed by atoms with Crippen molar-refractivity contribution < 1.29 is 4.74 Å². The van der Waals surface area contributed by atoms with Crippen LogP contribution in [0.5, 0.6) is 11.5 Å². The number of benzene rings is 12. The molecule has 0 bridgehead atoms. The van der Waals surface area contributed by atoms with Gasteiger partial charge in [-0.25, -0.2) is 0 Å². The van der Waals surface area contributed by atoms with E-state index in [4.69, 9.17) is 4.74 Å². The van der Waals surface area contributed by atoms with E-state index in [-0.39, 0.29) is 17.5 Å². The Morgan fingerprint density at radius 2 is 0.882 bits per heavy atom. The van der Waals surface area contributed by atoms with Gasteiger partial charge in [0.2, 0.25) is 0 Å². The number of nitrogens with zero attached hydrogens (tertiary/aromatic N) is 2. The molecule has 0 radical (unpaired) electrons. The van der Waals surface area contributed by atoms with E-state index in [1.165, 1.54) is 149 Å². The summed E-state index contributed by atoms with van der Waals surface area (Å²) in [5.74, 6) is 1.87. The van der Waals surface area contributed by atoms with Crippen molar-refractivity contribution in [1.29, 1.82) is 0 Å². The Balaban J connectivity index is 1.02. The summed E-state index contributed by atoms with van der Waals surface area (Å²) in [6.07, 6.45) is 0. The van der Waals surface area contributed by atoms with Crippen molar-refractivity contribution in [2.75, 3.05) is 0 Å². The van der Waals surface area contributed by atoms with Crippen LogP contribution in [-0.2, 0) is 16.2 Å². The van der Waals surface area contributed by atoms with Gasteiger partial charge in [-0.15, -0.1) is 0 Å². The first-order valence-corrected chi connectivity index (χ1v) is 30.2. The van der Waals surface area contributed by atoms with Crippen LogP contribution in [0.25, 0.3) is 111 Å². The fourth-order valence-corrected chi connectivity index (χ4v) is 15.9. The molecule has 14 aromatic rings. The van der Waals surface area contributed by atoms with Gasteiger partial charge in [0.05, 0.1) is 33.2 Å². The molecule has 0 N–H and O–H groups in total. The first-order valence-electron chi connectivity index (χ1n) is 30.2. The number of hydrogen-bond donors (Lipinski definition) is 0. The molecule has 4 heterocycles. The van der Waals surface area contributed by atoms with Crippen LogP contribution >= 0.6 is 0 Å². The van der Waals surface area contributed by atoms with E-state index < -0.39 is 5.41 Å².